The van der Waals surface area contributed by atoms with Gasteiger partial charge in [0.1, 0.15) is 5.75 Å². The average molecular weight is 205 g/mol. The fourth-order valence-electron chi connectivity index (χ4n) is 2.17. The van der Waals surface area contributed by atoms with Gasteiger partial charge in [-0.3, -0.25) is 0 Å². The van der Waals surface area contributed by atoms with Crippen molar-refractivity contribution in [3.63, 3.8) is 0 Å². The molecule has 0 saturated heterocycles. The fourth-order valence-corrected chi connectivity index (χ4v) is 2.17. The van der Waals surface area contributed by atoms with E-state index in [0.717, 1.165) is 17.4 Å². The van der Waals surface area contributed by atoms with Gasteiger partial charge in [0.05, 0.1) is 12.8 Å². The predicted octanol–water partition coefficient (Wildman–Crippen LogP) is 3.21. The van der Waals surface area contributed by atoms with Crippen LogP contribution in [0.4, 0.5) is 5.69 Å². The Kier molecular flexibility index (Phi) is 2.85. The van der Waals surface area contributed by atoms with Crippen molar-refractivity contribution in [2.45, 2.75) is 32.7 Å². The number of nitrogens with one attached hydrogen (secondary N) is 1. The third-order valence-electron chi connectivity index (χ3n) is 3.09. The van der Waals surface area contributed by atoms with Crippen LogP contribution < -0.4 is 10.1 Å². The minimum Gasteiger partial charge on any atom is -0.495 e. The van der Waals surface area contributed by atoms with Gasteiger partial charge in [0.25, 0.3) is 0 Å². The van der Waals surface area contributed by atoms with Crippen molar-refractivity contribution >= 4 is 5.69 Å². The molecule has 2 nitrogen and oxygen atoms in total. The molecular formula is C13H19NO. The van der Waals surface area contributed by atoms with Crippen LogP contribution in [0.1, 0.15) is 25.3 Å². The molecule has 2 heteroatoms. The maximum atomic E-state index is 5.33. The van der Waals surface area contributed by atoms with Crippen LogP contribution in [0.15, 0.2) is 18.2 Å². The van der Waals surface area contributed by atoms with E-state index in [9.17, 15) is 0 Å². The summed E-state index contributed by atoms with van der Waals surface area (Å²) in [4.78, 5) is 0. The molecule has 0 atom stereocenters. The van der Waals surface area contributed by atoms with Crippen molar-refractivity contribution in [1.29, 1.82) is 0 Å². The molecule has 0 amide bonds. The molecule has 0 spiro atoms. The highest BCUT2D eigenvalue weighted by Crippen LogP contribution is 2.33. The molecule has 0 radical (unpaired) electrons. The average Bonchev–Trinajstić information content (AvgIpc) is 2.16. The van der Waals surface area contributed by atoms with E-state index in [1.807, 2.05) is 6.07 Å². The number of aryl methyl sites for hydroxylation is 1. The van der Waals surface area contributed by atoms with Gasteiger partial charge < -0.3 is 10.1 Å². The van der Waals surface area contributed by atoms with Gasteiger partial charge in [-0.05, 0) is 43.4 Å². The summed E-state index contributed by atoms with van der Waals surface area (Å²) in [5.41, 5.74) is 2.40. The quantitative estimate of drug-likeness (QED) is 0.818. The lowest BCUT2D eigenvalue weighted by Crippen LogP contribution is -2.33. The second-order valence-electron chi connectivity index (χ2n) is 4.62. The molecule has 1 saturated carbocycles. The Hall–Kier alpha value is -1.18. The van der Waals surface area contributed by atoms with Gasteiger partial charge in [-0.1, -0.05) is 13.0 Å². The maximum absolute atomic E-state index is 5.33. The van der Waals surface area contributed by atoms with Crippen LogP contribution >= 0.6 is 0 Å². The third-order valence-corrected chi connectivity index (χ3v) is 3.09. The Labute approximate surface area is 91.6 Å². The molecule has 82 valence electrons. The normalized spacial score (nSPS) is 24.5. The Morgan fingerprint density at radius 3 is 2.67 bits per heavy atom. The van der Waals surface area contributed by atoms with Crippen LogP contribution in [0.25, 0.3) is 0 Å². The molecule has 1 aliphatic rings. The first-order chi connectivity index (χ1) is 7.19. The Balaban J connectivity index is 2.08. The van der Waals surface area contributed by atoms with E-state index < -0.39 is 0 Å². The lowest BCUT2D eigenvalue weighted by molar-refractivity contribution is 0.308. The topological polar surface area (TPSA) is 21.3 Å². The summed E-state index contributed by atoms with van der Waals surface area (Å²) in [6.07, 6.45) is 2.55. The molecule has 0 aliphatic heterocycles. The molecule has 0 unspecified atom stereocenters. The SMILES string of the molecule is COc1ccc(C)cc1NC1CC(C)C1. The monoisotopic (exact) mass is 205 g/mol. The zero-order valence-corrected chi connectivity index (χ0v) is 9.71. The molecule has 1 aliphatic carbocycles. The lowest BCUT2D eigenvalue weighted by atomic mass is 9.82. The third kappa shape index (κ3) is 2.25. The number of hydrogen-bond acceptors (Lipinski definition) is 2. The van der Waals surface area contributed by atoms with Crippen molar-refractivity contribution < 1.29 is 4.74 Å². The standard InChI is InChI=1S/C13H19NO/c1-9-4-5-13(15-3)12(8-9)14-11-6-10(2)7-11/h4-5,8,10-11,14H,6-7H2,1-3H3. The molecule has 1 aromatic rings. The second-order valence-corrected chi connectivity index (χ2v) is 4.62. The summed E-state index contributed by atoms with van der Waals surface area (Å²) in [7, 11) is 1.72. The molecule has 1 aromatic carbocycles. The summed E-state index contributed by atoms with van der Waals surface area (Å²) in [5.74, 6) is 1.82. The number of ether oxygens (including phenoxy) is 1. The van der Waals surface area contributed by atoms with Gasteiger partial charge in [0.15, 0.2) is 0 Å². The molecular weight excluding hydrogens is 186 g/mol. The van der Waals surface area contributed by atoms with Gasteiger partial charge in [-0.2, -0.15) is 0 Å². The largest absolute Gasteiger partial charge is 0.495 e. The molecule has 1 N–H and O–H groups in total. The van der Waals surface area contributed by atoms with Gasteiger partial charge in [-0.25, -0.2) is 0 Å². The van der Waals surface area contributed by atoms with E-state index in [0.29, 0.717) is 6.04 Å². The number of methoxy groups -OCH3 is 1. The lowest BCUT2D eigenvalue weighted by Gasteiger charge is -2.34. The highest BCUT2D eigenvalue weighted by Gasteiger charge is 2.25. The van der Waals surface area contributed by atoms with Crippen molar-refractivity contribution in [1.82, 2.24) is 0 Å². The van der Waals surface area contributed by atoms with Crippen LogP contribution in [0.2, 0.25) is 0 Å². The van der Waals surface area contributed by atoms with E-state index in [1.165, 1.54) is 18.4 Å². The highest BCUT2D eigenvalue weighted by atomic mass is 16.5. The summed E-state index contributed by atoms with van der Waals surface area (Å²) >= 11 is 0. The van der Waals surface area contributed by atoms with E-state index in [1.54, 1.807) is 7.11 Å². The first-order valence-corrected chi connectivity index (χ1v) is 5.60. The maximum Gasteiger partial charge on any atom is 0.141 e. The van der Waals surface area contributed by atoms with Gasteiger partial charge >= 0.3 is 0 Å². The number of anilines is 1. The van der Waals surface area contributed by atoms with Crippen LogP contribution in [-0.4, -0.2) is 13.2 Å². The summed E-state index contributed by atoms with van der Waals surface area (Å²) < 4.78 is 5.33. The number of benzene rings is 1. The van der Waals surface area contributed by atoms with Gasteiger partial charge in [0, 0.05) is 6.04 Å². The summed E-state index contributed by atoms with van der Waals surface area (Å²) in [6, 6.07) is 6.89. The van der Waals surface area contributed by atoms with Crippen molar-refractivity contribution in [3.05, 3.63) is 23.8 Å². The smallest absolute Gasteiger partial charge is 0.141 e. The van der Waals surface area contributed by atoms with Crippen LogP contribution in [0.3, 0.4) is 0 Å². The van der Waals surface area contributed by atoms with Crippen molar-refractivity contribution in [2.24, 2.45) is 5.92 Å². The van der Waals surface area contributed by atoms with Crippen molar-refractivity contribution in [2.75, 3.05) is 12.4 Å². The summed E-state index contributed by atoms with van der Waals surface area (Å²) in [6.45, 7) is 4.40. The zero-order chi connectivity index (χ0) is 10.8. The fraction of sp³-hybridized carbons (Fsp3) is 0.538. The van der Waals surface area contributed by atoms with Gasteiger partial charge in [-0.15, -0.1) is 0 Å². The second kappa shape index (κ2) is 4.13. The Morgan fingerprint density at radius 1 is 1.33 bits per heavy atom. The van der Waals surface area contributed by atoms with Crippen LogP contribution in [-0.2, 0) is 0 Å². The van der Waals surface area contributed by atoms with Crippen LogP contribution in [0.5, 0.6) is 5.75 Å². The number of rotatable bonds is 3. The van der Waals surface area contributed by atoms with E-state index in [2.05, 4.69) is 31.3 Å². The Bertz CT molecular complexity index is 342. The van der Waals surface area contributed by atoms with E-state index in [4.69, 9.17) is 4.74 Å². The highest BCUT2D eigenvalue weighted by molar-refractivity contribution is 5.58. The Morgan fingerprint density at radius 2 is 2.07 bits per heavy atom. The molecule has 0 aromatic heterocycles. The van der Waals surface area contributed by atoms with E-state index >= 15 is 0 Å². The number of hydrogen-bond donors (Lipinski definition) is 1. The minimum absolute atomic E-state index is 0.635. The minimum atomic E-state index is 0.635. The van der Waals surface area contributed by atoms with E-state index in [-0.39, 0.29) is 0 Å². The summed E-state index contributed by atoms with van der Waals surface area (Å²) in [5, 5.41) is 3.54. The molecule has 0 bridgehead atoms. The predicted molar refractivity (Wildman–Crippen MR) is 63.5 cm³/mol. The van der Waals surface area contributed by atoms with Crippen LogP contribution in [0, 0.1) is 12.8 Å². The van der Waals surface area contributed by atoms with Gasteiger partial charge in [0.2, 0.25) is 0 Å². The molecule has 0 heterocycles. The molecule has 1 fully saturated rings. The zero-order valence-electron chi connectivity index (χ0n) is 9.71. The molecule has 2 rings (SSSR count). The first kappa shape index (κ1) is 10.3. The first-order valence-electron chi connectivity index (χ1n) is 5.60. The molecule has 15 heavy (non-hydrogen) atoms. The van der Waals surface area contributed by atoms with Crippen molar-refractivity contribution in [3.8, 4) is 5.75 Å².